The van der Waals surface area contributed by atoms with E-state index in [1.807, 2.05) is 42.2 Å². The highest BCUT2D eigenvalue weighted by Gasteiger charge is 2.54. The van der Waals surface area contributed by atoms with E-state index in [4.69, 9.17) is 4.74 Å². The summed E-state index contributed by atoms with van der Waals surface area (Å²) < 4.78 is 5.89. The first-order valence-corrected chi connectivity index (χ1v) is 11.3. The molecule has 6 rings (SSSR count). The Hall–Kier alpha value is -1.88. The van der Waals surface area contributed by atoms with Crippen LogP contribution in [0.3, 0.4) is 0 Å². The number of benzene rings is 1. The maximum absolute atomic E-state index is 13.3. The zero-order valence-electron chi connectivity index (χ0n) is 17.3. The minimum absolute atomic E-state index is 0.00677. The average Bonchev–Trinajstić information content (AvgIpc) is 2.73. The summed E-state index contributed by atoms with van der Waals surface area (Å²) in [5.41, 5.74) is 0.885. The molecule has 5 aliphatic rings. The minimum atomic E-state index is -0.481. The summed E-state index contributed by atoms with van der Waals surface area (Å²) in [6.45, 7) is 3.49. The van der Waals surface area contributed by atoms with Crippen molar-refractivity contribution in [1.29, 1.82) is 0 Å². The largest absolute Gasteiger partial charge is 0.370 e. The number of hydrogen-bond acceptors (Lipinski definition) is 3. The number of carbonyl (C=O) groups excluding carboxylic acids is 2. The van der Waals surface area contributed by atoms with Gasteiger partial charge in [0.15, 0.2) is 0 Å². The molecule has 1 saturated heterocycles. The molecule has 2 atom stereocenters. The van der Waals surface area contributed by atoms with Gasteiger partial charge in [-0.3, -0.25) is 9.59 Å². The van der Waals surface area contributed by atoms with Gasteiger partial charge in [-0.2, -0.15) is 0 Å². The lowest BCUT2D eigenvalue weighted by Crippen LogP contribution is -2.57. The number of hydrogen-bond donors (Lipinski definition) is 1. The van der Waals surface area contributed by atoms with E-state index in [-0.39, 0.29) is 23.3 Å². The van der Waals surface area contributed by atoms with Crippen LogP contribution >= 0.6 is 0 Å². The lowest BCUT2D eigenvalue weighted by Gasteiger charge is -2.55. The Bertz CT molecular complexity index is 742. The Kier molecular flexibility index (Phi) is 4.89. The van der Waals surface area contributed by atoms with E-state index in [0.717, 1.165) is 42.6 Å². The molecule has 1 unspecified atom stereocenters. The van der Waals surface area contributed by atoms with Gasteiger partial charge in [-0.15, -0.1) is 0 Å². The highest BCUT2D eigenvalue weighted by molar-refractivity contribution is 5.90. The van der Waals surface area contributed by atoms with Crippen molar-refractivity contribution < 1.29 is 14.3 Å². The normalized spacial score (nSPS) is 36.7. The van der Waals surface area contributed by atoms with Crippen LogP contribution in [0.15, 0.2) is 30.3 Å². The Morgan fingerprint density at radius 2 is 1.69 bits per heavy atom. The zero-order chi connectivity index (χ0) is 20.0. The molecule has 156 valence electrons. The lowest BCUT2D eigenvalue weighted by atomic mass is 9.49. The van der Waals surface area contributed by atoms with Crippen molar-refractivity contribution in [3.8, 4) is 0 Å². The second-order valence-electron chi connectivity index (χ2n) is 9.95. The van der Waals surface area contributed by atoms with E-state index in [2.05, 4.69) is 5.32 Å². The fraction of sp³-hybridized carbons (Fsp3) is 0.667. The van der Waals surface area contributed by atoms with Gasteiger partial charge in [-0.25, -0.2) is 0 Å². The number of carbonyl (C=O) groups is 2. The van der Waals surface area contributed by atoms with E-state index >= 15 is 0 Å². The molecule has 1 N–H and O–H groups in total. The first-order chi connectivity index (χ1) is 14.0. The minimum Gasteiger partial charge on any atom is -0.370 e. The third-order valence-corrected chi connectivity index (χ3v) is 7.79. The molecule has 4 saturated carbocycles. The second-order valence-corrected chi connectivity index (χ2v) is 9.95. The van der Waals surface area contributed by atoms with Gasteiger partial charge in [-0.05, 0) is 68.8 Å². The molecule has 4 bridgehead atoms. The van der Waals surface area contributed by atoms with Gasteiger partial charge in [-0.1, -0.05) is 30.3 Å². The summed E-state index contributed by atoms with van der Waals surface area (Å²) in [5, 5.41) is 3.12. The fourth-order valence-corrected chi connectivity index (χ4v) is 6.79. The molecule has 5 nitrogen and oxygen atoms in total. The van der Waals surface area contributed by atoms with Crippen LogP contribution in [-0.4, -0.2) is 42.5 Å². The predicted molar refractivity (Wildman–Crippen MR) is 110 cm³/mol. The van der Waals surface area contributed by atoms with Crippen molar-refractivity contribution in [2.24, 2.45) is 23.2 Å². The molecule has 1 aromatic rings. The van der Waals surface area contributed by atoms with Crippen LogP contribution in [0.4, 0.5) is 0 Å². The van der Waals surface area contributed by atoms with Crippen molar-refractivity contribution in [1.82, 2.24) is 10.2 Å². The van der Waals surface area contributed by atoms with Crippen LogP contribution in [0.25, 0.3) is 0 Å². The first-order valence-electron chi connectivity index (χ1n) is 11.3. The molecular formula is C24H32N2O3. The average molecular weight is 397 g/mol. The molecule has 0 spiro atoms. The molecule has 0 aromatic heterocycles. The van der Waals surface area contributed by atoms with E-state index in [1.165, 1.54) is 19.3 Å². The van der Waals surface area contributed by atoms with Gasteiger partial charge in [0.2, 0.25) is 11.8 Å². The summed E-state index contributed by atoms with van der Waals surface area (Å²) in [4.78, 5) is 28.2. The van der Waals surface area contributed by atoms with E-state index in [0.29, 0.717) is 19.7 Å². The van der Waals surface area contributed by atoms with Crippen molar-refractivity contribution in [3.63, 3.8) is 0 Å². The first kappa shape index (κ1) is 19.1. The number of rotatable bonds is 4. The van der Waals surface area contributed by atoms with Crippen molar-refractivity contribution in [3.05, 3.63) is 35.9 Å². The van der Waals surface area contributed by atoms with Crippen LogP contribution < -0.4 is 5.32 Å². The van der Waals surface area contributed by atoms with Crippen LogP contribution in [0.1, 0.15) is 57.1 Å². The Labute approximate surface area is 173 Å². The Balaban J connectivity index is 1.22. The van der Waals surface area contributed by atoms with Crippen molar-refractivity contribution in [2.75, 3.05) is 19.7 Å². The van der Waals surface area contributed by atoms with Gasteiger partial charge in [0.05, 0.1) is 13.2 Å². The number of amides is 2. The molecule has 1 heterocycles. The molecule has 29 heavy (non-hydrogen) atoms. The van der Waals surface area contributed by atoms with Crippen LogP contribution in [0.2, 0.25) is 0 Å². The highest BCUT2D eigenvalue weighted by atomic mass is 16.5. The topological polar surface area (TPSA) is 58.6 Å². The van der Waals surface area contributed by atoms with Gasteiger partial charge in [0, 0.05) is 12.0 Å². The number of nitrogens with one attached hydrogen (secondary N) is 1. The summed E-state index contributed by atoms with van der Waals surface area (Å²) in [6, 6.07) is 9.57. The lowest BCUT2D eigenvalue weighted by molar-refractivity contribution is -0.151. The highest BCUT2D eigenvalue weighted by Crippen LogP contribution is 2.60. The Morgan fingerprint density at radius 1 is 1.07 bits per heavy atom. The fourth-order valence-electron chi connectivity index (χ4n) is 6.79. The molecule has 2 amide bonds. The number of morpholine rings is 1. The van der Waals surface area contributed by atoms with E-state index in [1.54, 1.807) is 0 Å². The standard InChI is InChI=1S/C24H32N2O3/c1-16(22(27)26-7-8-29-21(15-26)20-5-3-2-4-6-20)25-23(28)24-12-17-9-18(13-24)11-19(10-17)14-24/h2-6,16-19,21H,7-15H2,1H3,(H,25,28)/t16-,17?,18?,19?,21?,24?/m1/s1. The van der Waals surface area contributed by atoms with Gasteiger partial charge in [0.25, 0.3) is 0 Å². The van der Waals surface area contributed by atoms with Gasteiger partial charge < -0.3 is 15.0 Å². The predicted octanol–water partition coefficient (Wildman–Crippen LogP) is 3.31. The van der Waals surface area contributed by atoms with Crippen LogP contribution in [0, 0.1) is 23.2 Å². The monoisotopic (exact) mass is 396 g/mol. The Morgan fingerprint density at radius 3 is 2.31 bits per heavy atom. The SMILES string of the molecule is C[C@@H](NC(=O)C12CC3CC(CC(C3)C1)C2)C(=O)N1CCOC(c2ccccc2)C1. The second kappa shape index (κ2) is 7.42. The van der Waals surface area contributed by atoms with E-state index in [9.17, 15) is 9.59 Å². The zero-order valence-corrected chi connectivity index (χ0v) is 17.3. The summed E-state index contributed by atoms with van der Waals surface area (Å²) in [6.07, 6.45) is 6.93. The summed E-state index contributed by atoms with van der Waals surface area (Å²) in [5.74, 6) is 2.31. The maximum atomic E-state index is 13.3. The smallest absolute Gasteiger partial charge is 0.245 e. The summed E-state index contributed by atoms with van der Waals surface area (Å²) >= 11 is 0. The summed E-state index contributed by atoms with van der Waals surface area (Å²) in [7, 11) is 0. The molecular weight excluding hydrogens is 364 g/mol. The quantitative estimate of drug-likeness (QED) is 0.849. The van der Waals surface area contributed by atoms with Gasteiger partial charge in [0.1, 0.15) is 12.1 Å². The maximum Gasteiger partial charge on any atom is 0.245 e. The molecule has 1 aliphatic heterocycles. The molecule has 4 aliphatic carbocycles. The third kappa shape index (κ3) is 3.58. The number of ether oxygens (including phenoxy) is 1. The van der Waals surface area contributed by atoms with E-state index < -0.39 is 6.04 Å². The molecule has 5 heteroatoms. The number of nitrogens with zero attached hydrogens (tertiary/aromatic N) is 1. The van der Waals surface area contributed by atoms with Crippen molar-refractivity contribution >= 4 is 11.8 Å². The molecule has 1 aromatic carbocycles. The molecule has 0 radical (unpaired) electrons. The van der Waals surface area contributed by atoms with Crippen LogP contribution in [-0.2, 0) is 14.3 Å². The van der Waals surface area contributed by atoms with Crippen molar-refractivity contribution in [2.45, 2.75) is 57.6 Å². The third-order valence-electron chi connectivity index (χ3n) is 7.79. The van der Waals surface area contributed by atoms with Gasteiger partial charge >= 0.3 is 0 Å². The molecule has 5 fully saturated rings. The van der Waals surface area contributed by atoms with Crippen LogP contribution in [0.5, 0.6) is 0 Å².